The highest BCUT2D eigenvalue weighted by atomic mass is 14.5. The first-order valence-corrected chi connectivity index (χ1v) is 26.4. The molecule has 0 saturated heterocycles. The molecule has 0 heterocycles. The van der Waals surface area contributed by atoms with Crippen molar-refractivity contribution in [3.63, 3.8) is 0 Å². The second-order valence-electron chi connectivity index (χ2n) is 19.2. The fraction of sp³-hybridized carbons (Fsp3) is 0.600. The van der Waals surface area contributed by atoms with Gasteiger partial charge in [-0.05, 0) is 133 Å². The largest absolute Gasteiger partial charge is 0.399 e. The van der Waals surface area contributed by atoms with Crippen molar-refractivity contribution in [2.75, 3.05) is 11.5 Å². The zero-order valence-electron chi connectivity index (χ0n) is 40.3. The monoisotopic (exact) mass is 841 g/mol. The Kier molecular flexibility index (Phi) is 27.3. The molecule has 0 spiro atoms. The van der Waals surface area contributed by atoms with Crippen molar-refractivity contribution in [2.24, 2.45) is 0 Å². The maximum Gasteiger partial charge on any atom is 0.0314 e. The van der Waals surface area contributed by atoms with Crippen molar-refractivity contribution >= 4 is 11.4 Å². The van der Waals surface area contributed by atoms with E-state index in [1.54, 1.807) is 22.3 Å². The molecule has 2 heteroatoms. The fourth-order valence-electron chi connectivity index (χ4n) is 9.57. The SMILES string of the molecule is CCCCCCCc1cc(Cc2ccc(N)cc2)ccc1CCCCCCCCCCCCCCCCCCCCc1ccc(Cc2ccc(N)cc2)cc1CCCCCCC. The molecule has 0 aromatic heterocycles. The number of nitrogen functional groups attached to an aromatic ring is 2. The molecule has 4 N–H and O–H groups in total. The third-order valence-electron chi connectivity index (χ3n) is 13.6. The van der Waals surface area contributed by atoms with Gasteiger partial charge in [0, 0.05) is 11.4 Å². The third-order valence-corrected chi connectivity index (χ3v) is 13.6. The number of aryl methyl sites for hydroxylation is 4. The molecule has 0 aliphatic rings. The van der Waals surface area contributed by atoms with Crippen molar-refractivity contribution in [1.82, 2.24) is 0 Å². The first-order chi connectivity index (χ1) is 30.5. The van der Waals surface area contributed by atoms with Crippen LogP contribution in [-0.4, -0.2) is 0 Å². The molecule has 4 aromatic rings. The summed E-state index contributed by atoms with van der Waals surface area (Å²) in [6.45, 7) is 4.61. The van der Waals surface area contributed by atoms with Crippen molar-refractivity contribution in [3.8, 4) is 0 Å². The van der Waals surface area contributed by atoms with Gasteiger partial charge >= 0.3 is 0 Å². The van der Waals surface area contributed by atoms with Gasteiger partial charge in [0.2, 0.25) is 0 Å². The summed E-state index contributed by atoms with van der Waals surface area (Å²) in [5.74, 6) is 0. The third kappa shape index (κ3) is 22.7. The molecule has 62 heavy (non-hydrogen) atoms. The fourth-order valence-corrected chi connectivity index (χ4v) is 9.57. The number of anilines is 2. The van der Waals surface area contributed by atoms with Gasteiger partial charge < -0.3 is 11.5 Å². The molecular formula is C60H92N2. The van der Waals surface area contributed by atoms with E-state index in [-0.39, 0.29) is 0 Å². The Hall–Kier alpha value is -3.52. The Labute approximate surface area is 382 Å². The van der Waals surface area contributed by atoms with Crippen molar-refractivity contribution < 1.29 is 0 Å². The summed E-state index contributed by atoms with van der Waals surface area (Å²) in [4.78, 5) is 0. The van der Waals surface area contributed by atoms with Crippen LogP contribution in [0.25, 0.3) is 0 Å². The van der Waals surface area contributed by atoms with Crippen LogP contribution in [0.15, 0.2) is 84.9 Å². The Morgan fingerprint density at radius 1 is 0.258 bits per heavy atom. The standard InChI is InChI=1S/C60H92N2/c1-3-5-7-23-29-33-57-49-53(47-51-37-43-59(61)44-38-51)35-41-55(57)31-27-25-21-19-17-15-13-11-9-10-12-14-16-18-20-22-26-28-32-56-42-36-54(48-52-39-45-60(62)46-40-52)50-58(56)34-30-24-8-6-4-2/h35-46,49-50H,3-34,47-48,61-62H2,1-2H3. The second-order valence-corrected chi connectivity index (χ2v) is 19.2. The van der Waals surface area contributed by atoms with E-state index in [2.05, 4.69) is 74.5 Å². The van der Waals surface area contributed by atoms with Crippen LogP contribution in [-0.2, 0) is 38.5 Å². The lowest BCUT2D eigenvalue weighted by molar-refractivity contribution is 0.523. The van der Waals surface area contributed by atoms with Crippen LogP contribution in [0.3, 0.4) is 0 Å². The number of hydrogen-bond donors (Lipinski definition) is 2. The van der Waals surface area contributed by atoms with Gasteiger partial charge in [0.1, 0.15) is 0 Å². The zero-order valence-corrected chi connectivity index (χ0v) is 40.3. The summed E-state index contributed by atoms with van der Waals surface area (Å²) in [6.07, 6.45) is 46.0. The highest BCUT2D eigenvalue weighted by molar-refractivity contribution is 5.43. The molecule has 0 atom stereocenters. The molecule has 2 nitrogen and oxygen atoms in total. The number of benzene rings is 4. The molecule has 0 aliphatic heterocycles. The van der Waals surface area contributed by atoms with E-state index in [0.717, 1.165) is 24.2 Å². The van der Waals surface area contributed by atoms with E-state index in [9.17, 15) is 0 Å². The van der Waals surface area contributed by atoms with Gasteiger partial charge in [0.25, 0.3) is 0 Å². The van der Waals surface area contributed by atoms with E-state index in [1.165, 1.54) is 228 Å². The lowest BCUT2D eigenvalue weighted by Gasteiger charge is -2.13. The van der Waals surface area contributed by atoms with E-state index in [4.69, 9.17) is 11.5 Å². The average molecular weight is 841 g/mol. The minimum atomic E-state index is 0.846. The molecule has 0 fully saturated rings. The molecule has 0 bridgehead atoms. The zero-order chi connectivity index (χ0) is 43.7. The predicted molar refractivity (Wildman–Crippen MR) is 276 cm³/mol. The molecule has 0 radical (unpaired) electrons. The lowest BCUT2D eigenvalue weighted by atomic mass is 9.93. The van der Waals surface area contributed by atoms with E-state index < -0.39 is 0 Å². The summed E-state index contributed by atoms with van der Waals surface area (Å²) in [7, 11) is 0. The summed E-state index contributed by atoms with van der Waals surface area (Å²) in [6, 6.07) is 31.5. The number of hydrogen-bond acceptors (Lipinski definition) is 2. The normalized spacial score (nSPS) is 11.5. The van der Waals surface area contributed by atoms with Gasteiger partial charge in [-0.2, -0.15) is 0 Å². The van der Waals surface area contributed by atoms with Gasteiger partial charge in [-0.25, -0.2) is 0 Å². The minimum absolute atomic E-state index is 0.846. The summed E-state index contributed by atoms with van der Waals surface area (Å²) < 4.78 is 0. The topological polar surface area (TPSA) is 52.0 Å². The van der Waals surface area contributed by atoms with Crippen LogP contribution in [0.1, 0.15) is 238 Å². The highest BCUT2D eigenvalue weighted by Gasteiger charge is 2.09. The maximum absolute atomic E-state index is 5.93. The highest BCUT2D eigenvalue weighted by Crippen LogP contribution is 2.24. The summed E-state index contributed by atoms with van der Waals surface area (Å²) in [5.41, 5.74) is 25.6. The first kappa shape index (κ1) is 51.1. The second kappa shape index (κ2) is 33.1. The van der Waals surface area contributed by atoms with Gasteiger partial charge in [0.05, 0.1) is 0 Å². The molecule has 0 saturated carbocycles. The van der Waals surface area contributed by atoms with Gasteiger partial charge in [-0.1, -0.05) is 229 Å². The first-order valence-electron chi connectivity index (χ1n) is 26.4. The molecule has 4 aromatic carbocycles. The van der Waals surface area contributed by atoms with Crippen LogP contribution in [0.2, 0.25) is 0 Å². The molecular weight excluding hydrogens is 749 g/mol. The van der Waals surface area contributed by atoms with Crippen LogP contribution in [0.5, 0.6) is 0 Å². The number of nitrogens with two attached hydrogens (primary N) is 2. The Morgan fingerprint density at radius 2 is 0.500 bits per heavy atom. The molecule has 0 amide bonds. The van der Waals surface area contributed by atoms with Crippen molar-refractivity contribution in [2.45, 2.75) is 232 Å². The van der Waals surface area contributed by atoms with Crippen LogP contribution in [0, 0.1) is 0 Å². The van der Waals surface area contributed by atoms with Crippen LogP contribution >= 0.6 is 0 Å². The predicted octanol–water partition coefficient (Wildman–Crippen LogP) is 17.9. The van der Waals surface area contributed by atoms with Gasteiger partial charge in [0.15, 0.2) is 0 Å². The maximum atomic E-state index is 5.93. The van der Waals surface area contributed by atoms with E-state index in [1.807, 2.05) is 24.3 Å². The number of unbranched alkanes of at least 4 members (excludes halogenated alkanes) is 25. The molecule has 0 aliphatic carbocycles. The molecule has 342 valence electrons. The number of rotatable bonds is 37. The molecule has 0 unspecified atom stereocenters. The lowest BCUT2D eigenvalue weighted by Crippen LogP contribution is -1.99. The Morgan fingerprint density at radius 3 is 0.790 bits per heavy atom. The van der Waals surface area contributed by atoms with Gasteiger partial charge in [-0.15, -0.1) is 0 Å². The van der Waals surface area contributed by atoms with Crippen LogP contribution < -0.4 is 11.5 Å². The molecule has 4 rings (SSSR count). The minimum Gasteiger partial charge on any atom is -0.399 e. The summed E-state index contributed by atoms with van der Waals surface area (Å²) >= 11 is 0. The Bertz CT molecular complexity index is 1560. The van der Waals surface area contributed by atoms with E-state index >= 15 is 0 Å². The van der Waals surface area contributed by atoms with Gasteiger partial charge in [-0.3, -0.25) is 0 Å². The average Bonchev–Trinajstić information content (AvgIpc) is 3.28. The van der Waals surface area contributed by atoms with E-state index in [0.29, 0.717) is 0 Å². The quantitative estimate of drug-likeness (QED) is 0.0351. The summed E-state index contributed by atoms with van der Waals surface area (Å²) in [5, 5.41) is 0. The Balaban J connectivity index is 0.972. The van der Waals surface area contributed by atoms with Crippen LogP contribution in [0.4, 0.5) is 11.4 Å². The smallest absolute Gasteiger partial charge is 0.0314 e. The van der Waals surface area contributed by atoms with Crippen molar-refractivity contribution in [1.29, 1.82) is 0 Å². The van der Waals surface area contributed by atoms with Crippen molar-refractivity contribution in [3.05, 3.63) is 129 Å².